The van der Waals surface area contributed by atoms with E-state index >= 15 is 0 Å². The van der Waals surface area contributed by atoms with E-state index in [1.54, 1.807) is 0 Å². The second-order valence-corrected chi connectivity index (χ2v) is 2.44. The van der Waals surface area contributed by atoms with E-state index in [1.165, 1.54) is 0 Å². The first-order valence-corrected chi connectivity index (χ1v) is 2.94. The summed E-state index contributed by atoms with van der Waals surface area (Å²) in [6, 6.07) is 0.576. The van der Waals surface area contributed by atoms with Gasteiger partial charge in [-0.3, -0.25) is 0 Å². The van der Waals surface area contributed by atoms with Crippen molar-refractivity contribution >= 4 is 0 Å². The minimum absolute atomic E-state index is 0.576. The van der Waals surface area contributed by atoms with Crippen molar-refractivity contribution in [2.24, 2.45) is 0 Å². The van der Waals surface area contributed by atoms with Gasteiger partial charge < -0.3 is 4.90 Å². The van der Waals surface area contributed by atoms with Gasteiger partial charge in [-0.2, -0.15) is 0 Å². The SMILES string of the molecule is C=C(C)N(C)C(C)C. The lowest BCUT2D eigenvalue weighted by Gasteiger charge is -2.22. The molecule has 0 unspecified atom stereocenters. The van der Waals surface area contributed by atoms with Gasteiger partial charge in [0.1, 0.15) is 0 Å². The molecule has 1 heteroatoms. The normalized spacial score (nSPS) is 9.62. The van der Waals surface area contributed by atoms with Crippen LogP contribution in [-0.4, -0.2) is 18.0 Å². The highest BCUT2D eigenvalue weighted by molar-refractivity contribution is 4.87. The molecule has 0 aliphatic rings. The number of hydrogen-bond acceptors (Lipinski definition) is 1. The summed E-state index contributed by atoms with van der Waals surface area (Å²) in [4.78, 5) is 2.14. The van der Waals surface area contributed by atoms with Gasteiger partial charge in [0.15, 0.2) is 0 Å². The van der Waals surface area contributed by atoms with E-state index in [0.29, 0.717) is 6.04 Å². The maximum Gasteiger partial charge on any atom is 0.0226 e. The molecule has 0 bridgehead atoms. The summed E-state index contributed by atoms with van der Waals surface area (Å²) in [5.74, 6) is 0. The van der Waals surface area contributed by atoms with Gasteiger partial charge in [0.05, 0.1) is 0 Å². The molecule has 1 nitrogen and oxygen atoms in total. The van der Waals surface area contributed by atoms with Gasteiger partial charge in [-0.15, -0.1) is 0 Å². The fraction of sp³-hybridized carbons (Fsp3) is 0.714. The predicted octanol–water partition coefficient (Wildman–Crippen LogP) is 1.86. The molecule has 0 aromatic rings. The maximum absolute atomic E-state index is 3.80. The van der Waals surface area contributed by atoms with Crippen LogP contribution in [0.5, 0.6) is 0 Å². The number of rotatable bonds is 2. The third kappa shape index (κ3) is 2.01. The number of allylic oxidation sites excluding steroid dienone is 1. The first-order valence-electron chi connectivity index (χ1n) is 2.94. The van der Waals surface area contributed by atoms with Crippen molar-refractivity contribution in [3.8, 4) is 0 Å². The fourth-order valence-corrected chi connectivity index (χ4v) is 0.441. The molecule has 0 rings (SSSR count). The summed E-state index contributed by atoms with van der Waals surface area (Å²) in [7, 11) is 2.05. The Balaban J connectivity index is 3.64. The number of nitrogens with zero attached hydrogens (tertiary/aromatic N) is 1. The first kappa shape index (κ1) is 7.54. The average Bonchev–Trinajstić information content (AvgIpc) is 1.64. The summed E-state index contributed by atoms with van der Waals surface area (Å²) in [5, 5.41) is 0. The summed E-state index contributed by atoms with van der Waals surface area (Å²) in [6.45, 7) is 10.1. The molecule has 0 aliphatic carbocycles. The zero-order valence-electron chi connectivity index (χ0n) is 6.23. The van der Waals surface area contributed by atoms with Crippen LogP contribution in [0.3, 0.4) is 0 Å². The molecule has 0 aromatic carbocycles. The molecule has 0 saturated carbocycles. The van der Waals surface area contributed by atoms with Crippen LogP contribution in [-0.2, 0) is 0 Å². The molecule has 0 N–H and O–H groups in total. The fourth-order valence-electron chi connectivity index (χ4n) is 0.441. The molecule has 0 radical (unpaired) electrons. The number of hydrogen-bond donors (Lipinski definition) is 0. The van der Waals surface area contributed by atoms with Crippen LogP contribution in [0.1, 0.15) is 20.8 Å². The molecule has 0 spiro atoms. The minimum atomic E-state index is 0.576. The Labute approximate surface area is 52.0 Å². The molecule has 0 atom stereocenters. The lowest BCUT2D eigenvalue weighted by molar-refractivity contribution is 0.346. The van der Waals surface area contributed by atoms with E-state index in [9.17, 15) is 0 Å². The van der Waals surface area contributed by atoms with Crippen LogP contribution in [0.25, 0.3) is 0 Å². The van der Waals surface area contributed by atoms with Crippen LogP contribution in [0.4, 0.5) is 0 Å². The molecular weight excluding hydrogens is 98.1 g/mol. The van der Waals surface area contributed by atoms with Gasteiger partial charge >= 0.3 is 0 Å². The third-order valence-corrected chi connectivity index (χ3v) is 1.38. The van der Waals surface area contributed by atoms with Crippen LogP contribution in [0, 0.1) is 0 Å². The van der Waals surface area contributed by atoms with Gasteiger partial charge in [-0.05, 0) is 20.8 Å². The van der Waals surface area contributed by atoms with Crippen molar-refractivity contribution in [1.82, 2.24) is 4.90 Å². The zero-order chi connectivity index (χ0) is 6.73. The Morgan fingerprint density at radius 2 is 1.88 bits per heavy atom. The van der Waals surface area contributed by atoms with Gasteiger partial charge in [-0.25, -0.2) is 0 Å². The lowest BCUT2D eigenvalue weighted by atomic mass is 10.3. The summed E-state index contributed by atoms with van der Waals surface area (Å²) >= 11 is 0. The highest BCUT2D eigenvalue weighted by Gasteiger charge is 1.98. The van der Waals surface area contributed by atoms with Crippen molar-refractivity contribution in [3.05, 3.63) is 12.3 Å². The van der Waals surface area contributed by atoms with Gasteiger partial charge in [-0.1, -0.05) is 6.58 Å². The summed E-state index contributed by atoms with van der Waals surface area (Å²) in [6.07, 6.45) is 0. The predicted molar refractivity (Wildman–Crippen MR) is 37.7 cm³/mol. The van der Waals surface area contributed by atoms with E-state index < -0.39 is 0 Å². The molecule has 48 valence electrons. The topological polar surface area (TPSA) is 3.24 Å². The Morgan fingerprint density at radius 1 is 1.50 bits per heavy atom. The van der Waals surface area contributed by atoms with Gasteiger partial charge in [0.2, 0.25) is 0 Å². The van der Waals surface area contributed by atoms with E-state index in [4.69, 9.17) is 0 Å². The quantitative estimate of drug-likeness (QED) is 0.528. The van der Waals surface area contributed by atoms with Crippen LogP contribution in [0.2, 0.25) is 0 Å². The van der Waals surface area contributed by atoms with E-state index in [1.807, 2.05) is 14.0 Å². The maximum atomic E-state index is 3.80. The monoisotopic (exact) mass is 113 g/mol. The van der Waals surface area contributed by atoms with Gasteiger partial charge in [0, 0.05) is 18.8 Å². The largest absolute Gasteiger partial charge is 0.376 e. The summed E-state index contributed by atoms with van der Waals surface area (Å²) < 4.78 is 0. The molecule has 0 saturated heterocycles. The van der Waals surface area contributed by atoms with Crippen molar-refractivity contribution in [2.75, 3.05) is 7.05 Å². The molecule has 0 heterocycles. The Morgan fingerprint density at radius 3 is 1.88 bits per heavy atom. The van der Waals surface area contributed by atoms with Crippen molar-refractivity contribution < 1.29 is 0 Å². The Bertz CT molecular complexity index is 84.4. The highest BCUT2D eigenvalue weighted by atomic mass is 15.1. The first-order chi connectivity index (χ1) is 3.55. The third-order valence-electron chi connectivity index (χ3n) is 1.38. The van der Waals surface area contributed by atoms with Crippen LogP contribution < -0.4 is 0 Å². The molecule has 0 amide bonds. The summed E-state index contributed by atoms with van der Waals surface area (Å²) in [5.41, 5.74) is 1.12. The Hall–Kier alpha value is -0.460. The van der Waals surface area contributed by atoms with E-state index in [0.717, 1.165) is 5.70 Å². The molecule has 0 aliphatic heterocycles. The standard InChI is InChI=1S/C7H15N/c1-6(2)8(5)7(3)4/h7H,1H2,2-5H3. The molecule has 0 fully saturated rings. The smallest absolute Gasteiger partial charge is 0.0226 e. The van der Waals surface area contributed by atoms with Crippen LogP contribution >= 0.6 is 0 Å². The second kappa shape index (κ2) is 2.75. The van der Waals surface area contributed by atoms with Crippen molar-refractivity contribution in [2.45, 2.75) is 26.8 Å². The highest BCUT2D eigenvalue weighted by Crippen LogP contribution is 2.00. The molecule has 8 heavy (non-hydrogen) atoms. The lowest BCUT2D eigenvalue weighted by Crippen LogP contribution is -2.23. The van der Waals surface area contributed by atoms with E-state index in [-0.39, 0.29) is 0 Å². The van der Waals surface area contributed by atoms with E-state index in [2.05, 4.69) is 25.3 Å². The minimum Gasteiger partial charge on any atom is -0.376 e. The average molecular weight is 113 g/mol. The molecular formula is C7H15N. The van der Waals surface area contributed by atoms with Gasteiger partial charge in [0.25, 0.3) is 0 Å². The van der Waals surface area contributed by atoms with Crippen LogP contribution in [0.15, 0.2) is 12.3 Å². The van der Waals surface area contributed by atoms with Crippen molar-refractivity contribution in [1.29, 1.82) is 0 Å². The Kier molecular flexibility index (Phi) is 2.59. The zero-order valence-corrected chi connectivity index (χ0v) is 6.23. The molecule has 0 aromatic heterocycles. The second-order valence-electron chi connectivity index (χ2n) is 2.44. The van der Waals surface area contributed by atoms with Crippen molar-refractivity contribution in [3.63, 3.8) is 0 Å².